The number of carbonyl (C=O) groups excluding carboxylic acids is 1. The Hall–Kier alpha value is -0.880. The molecule has 13 heavy (non-hydrogen) atoms. The molecule has 0 fully saturated rings. The number of carbonyl (C=O) groups is 1. The van der Waals surface area contributed by atoms with Crippen LogP contribution in [0, 0.1) is 0 Å². The van der Waals surface area contributed by atoms with Crippen LogP contribution in [-0.4, -0.2) is 25.1 Å². The first-order chi connectivity index (χ1) is 5.83. The first-order valence-corrected chi connectivity index (χ1v) is 3.45. The first kappa shape index (κ1) is 12.1. The fourth-order valence-electron chi connectivity index (χ4n) is 0.578. The smallest absolute Gasteiger partial charge is 0.351 e. The highest BCUT2D eigenvalue weighted by Gasteiger charge is 2.26. The second-order valence-corrected chi connectivity index (χ2v) is 2.31. The summed E-state index contributed by atoms with van der Waals surface area (Å²) >= 11 is 0. The molecule has 2 nitrogen and oxygen atoms in total. The van der Waals surface area contributed by atoms with Crippen LogP contribution in [0.25, 0.3) is 0 Å². The molecule has 0 atom stereocenters. The van der Waals surface area contributed by atoms with Gasteiger partial charge in [-0.25, -0.2) is 0 Å². The molecule has 7 heteroatoms. The maximum atomic E-state index is 11.5. The minimum Gasteiger partial charge on any atom is -0.351 e. The van der Waals surface area contributed by atoms with Gasteiger partial charge in [0.1, 0.15) is 0 Å². The molecular formula is C6H8F5NO. The molecule has 0 aromatic carbocycles. The van der Waals surface area contributed by atoms with Gasteiger partial charge in [0, 0.05) is 13.0 Å². The zero-order valence-corrected chi connectivity index (χ0v) is 6.50. The van der Waals surface area contributed by atoms with Gasteiger partial charge in [-0.1, -0.05) is 0 Å². The van der Waals surface area contributed by atoms with E-state index in [2.05, 4.69) is 0 Å². The Bertz CT molecular complexity index is 167. The van der Waals surface area contributed by atoms with E-state index >= 15 is 0 Å². The topological polar surface area (TPSA) is 29.1 Å². The lowest BCUT2D eigenvalue weighted by Gasteiger charge is -2.06. The highest BCUT2D eigenvalue weighted by atomic mass is 19.4. The molecule has 0 aliphatic heterocycles. The van der Waals surface area contributed by atoms with Crippen LogP contribution in [-0.2, 0) is 4.79 Å². The van der Waals surface area contributed by atoms with Crippen LogP contribution < -0.4 is 5.32 Å². The maximum absolute atomic E-state index is 11.5. The van der Waals surface area contributed by atoms with Crippen LogP contribution in [0.2, 0.25) is 0 Å². The second kappa shape index (κ2) is 4.98. The van der Waals surface area contributed by atoms with Gasteiger partial charge < -0.3 is 5.32 Å². The Morgan fingerprint density at radius 3 is 2.23 bits per heavy atom. The quantitative estimate of drug-likeness (QED) is 0.549. The van der Waals surface area contributed by atoms with Gasteiger partial charge in [-0.2, -0.15) is 22.0 Å². The van der Waals surface area contributed by atoms with Gasteiger partial charge in [0.15, 0.2) is 0 Å². The van der Waals surface area contributed by atoms with Crippen molar-refractivity contribution in [1.29, 1.82) is 0 Å². The molecule has 0 saturated carbocycles. The van der Waals surface area contributed by atoms with E-state index in [9.17, 15) is 26.7 Å². The van der Waals surface area contributed by atoms with E-state index in [-0.39, 0.29) is 13.0 Å². The van der Waals surface area contributed by atoms with Crippen LogP contribution in [0.4, 0.5) is 22.0 Å². The van der Waals surface area contributed by atoms with Gasteiger partial charge in [-0.3, -0.25) is 4.79 Å². The summed E-state index contributed by atoms with van der Waals surface area (Å²) in [7, 11) is 0. The molecular weight excluding hydrogens is 197 g/mol. The van der Waals surface area contributed by atoms with Crippen LogP contribution in [0.3, 0.4) is 0 Å². The van der Waals surface area contributed by atoms with E-state index in [1.165, 1.54) is 0 Å². The summed E-state index contributed by atoms with van der Waals surface area (Å²) in [6.45, 7) is -0.386. The number of nitrogens with one attached hydrogen (secondary N) is 1. The number of amides is 1. The Kier molecular flexibility index (Phi) is 4.64. The molecule has 0 heterocycles. The van der Waals surface area contributed by atoms with Gasteiger partial charge in [0.05, 0.1) is 0 Å². The minimum atomic E-state index is -4.31. The summed E-state index contributed by atoms with van der Waals surface area (Å²) in [6.07, 6.45) is -8.96. The van der Waals surface area contributed by atoms with Crippen LogP contribution in [0.5, 0.6) is 0 Å². The van der Waals surface area contributed by atoms with Crippen molar-refractivity contribution in [3.05, 3.63) is 0 Å². The second-order valence-electron chi connectivity index (χ2n) is 2.31. The van der Waals surface area contributed by atoms with Crippen LogP contribution >= 0.6 is 0 Å². The predicted octanol–water partition coefficient (Wildman–Crippen LogP) is 1.71. The van der Waals surface area contributed by atoms with Gasteiger partial charge in [0.2, 0.25) is 0 Å². The van der Waals surface area contributed by atoms with Crippen LogP contribution in [0.1, 0.15) is 12.8 Å². The molecule has 1 amide bonds. The third-order valence-electron chi connectivity index (χ3n) is 1.13. The van der Waals surface area contributed by atoms with E-state index in [1.807, 2.05) is 0 Å². The maximum Gasteiger partial charge on any atom is 0.389 e. The summed E-state index contributed by atoms with van der Waals surface area (Å²) in [5, 5.41) is 1.67. The summed E-state index contributed by atoms with van der Waals surface area (Å²) in [6, 6.07) is 0. The first-order valence-electron chi connectivity index (χ1n) is 3.45. The number of hydrogen-bond donors (Lipinski definition) is 1. The number of halogens is 5. The van der Waals surface area contributed by atoms with Gasteiger partial charge in [-0.05, 0) is 6.42 Å². The molecule has 0 radical (unpaired) electrons. The third kappa shape index (κ3) is 7.48. The Morgan fingerprint density at radius 2 is 1.85 bits per heavy atom. The molecule has 0 aliphatic rings. The molecule has 0 aromatic heterocycles. The van der Waals surface area contributed by atoms with E-state index in [1.54, 1.807) is 5.32 Å². The minimum absolute atomic E-state index is 0.386. The Morgan fingerprint density at radius 1 is 1.31 bits per heavy atom. The highest BCUT2D eigenvalue weighted by molar-refractivity contribution is 5.78. The zero-order valence-electron chi connectivity index (χ0n) is 6.50. The van der Waals surface area contributed by atoms with Crippen molar-refractivity contribution < 1.29 is 26.7 Å². The summed E-state index contributed by atoms with van der Waals surface area (Å²) < 4.78 is 57.3. The molecule has 0 saturated heterocycles. The average molecular weight is 205 g/mol. The standard InChI is InChI=1S/C6H8F5NO/c7-4(8)5(13)12-3-1-2-6(9,10)11/h4H,1-3H2,(H,12,13). The molecule has 0 spiro atoms. The Balaban J connectivity index is 3.42. The fraction of sp³-hybridized carbons (Fsp3) is 0.833. The highest BCUT2D eigenvalue weighted by Crippen LogP contribution is 2.20. The van der Waals surface area contributed by atoms with Crippen molar-refractivity contribution in [1.82, 2.24) is 5.32 Å². The number of rotatable bonds is 4. The normalized spacial score (nSPS) is 11.8. The lowest BCUT2D eigenvalue weighted by molar-refractivity contribution is -0.138. The zero-order chi connectivity index (χ0) is 10.5. The lowest BCUT2D eigenvalue weighted by atomic mass is 10.3. The van der Waals surface area contributed by atoms with Crippen molar-refractivity contribution in [2.24, 2.45) is 0 Å². The third-order valence-corrected chi connectivity index (χ3v) is 1.13. The lowest BCUT2D eigenvalue weighted by Crippen LogP contribution is -2.30. The number of alkyl halides is 5. The Labute approximate surface area is 71.1 Å². The van der Waals surface area contributed by atoms with E-state index < -0.39 is 24.9 Å². The van der Waals surface area contributed by atoms with Crippen molar-refractivity contribution in [2.75, 3.05) is 6.54 Å². The SMILES string of the molecule is O=C(NCCCC(F)(F)F)C(F)F. The van der Waals surface area contributed by atoms with Crippen molar-refractivity contribution >= 4 is 5.91 Å². The molecule has 0 bridgehead atoms. The monoisotopic (exact) mass is 205 g/mol. The molecule has 1 N–H and O–H groups in total. The van der Waals surface area contributed by atoms with Gasteiger partial charge in [0.25, 0.3) is 5.91 Å². The van der Waals surface area contributed by atoms with Crippen molar-refractivity contribution in [3.63, 3.8) is 0 Å². The summed E-state index contributed by atoms with van der Waals surface area (Å²) in [5.41, 5.74) is 0. The molecule has 0 unspecified atom stereocenters. The van der Waals surface area contributed by atoms with Crippen molar-refractivity contribution in [3.8, 4) is 0 Å². The van der Waals surface area contributed by atoms with E-state index in [0.29, 0.717) is 0 Å². The molecule has 0 aliphatic carbocycles. The molecule has 78 valence electrons. The molecule has 0 aromatic rings. The average Bonchev–Trinajstić information content (AvgIpc) is 1.95. The van der Waals surface area contributed by atoms with E-state index in [4.69, 9.17) is 0 Å². The molecule has 0 rings (SSSR count). The van der Waals surface area contributed by atoms with Crippen LogP contribution in [0.15, 0.2) is 0 Å². The largest absolute Gasteiger partial charge is 0.389 e. The van der Waals surface area contributed by atoms with E-state index in [0.717, 1.165) is 0 Å². The summed E-state index contributed by atoms with van der Waals surface area (Å²) in [5.74, 6) is -1.54. The van der Waals surface area contributed by atoms with Crippen molar-refractivity contribution in [2.45, 2.75) is 25.4 Å². The fourth-order valence-corrected chi connectivity index (χ4v) is 0.578. The van der Waals surface area contributed by atoms with Gasteiger partial charge in [-0.15, -0.1) is 0 Å². The van der Waals surface area contributed by atoms with Gasteiger partial charge >= 0.3 is 12.6 Å². The summed E-state index contributed by atoms with van der Waals surface area (Å²) in [4.78, 5) is 10.1. The number of hydrogen-bond acceptors (Lipinski definition) is 1. The predicted molar refractivity (Wildman–Crippen MR) is 34.3 cm³/mol.